The Labute approximate surface area is 121 Å². The predicted octanol–water partition coefficient (Wildman–Crippen LogP) is 3.98. The maximum Gasteiger partial charge on any atom is 0.222 e. The molecule has 0 spiro atoms. The van der Waals surface area contributed by atoms with Crippen LogP contribution in [-0.2, 0) is 11.3 Å². The fourth-order valence-corrected chi connectivity index (χ4v) is 1.88. The van der Waals surface area contributed by atoms with Crippen molar-refractivity contribution in [3.8, 4) is 11.3 Å². The van der Waals surface area contributed by atoms with E-state index in [1.165, 1.54) is 0 Å². The number of carbonyl (C=O) groups is 1. The molecule has 0 aliphatic rings. The molecule has 0 radical (unpaired) electrons. The van der Waals surface area contributed by atoms with E-state index < -0.39 is 0 Å². The molecule has 0 atom stereocenters. The van der Waals surface area contributed by atoms with Crippen LogP contribution in [0.25, 0.3) is 11.3 Å². The number of amides is 1. The zero-order chi connectivity index (χ0) is 13.8. The zero-order valence-corrected chi connectivity index (χ0v) is 12.5. The predicted molar refractivity (Wildman–Crippen MR) is 78.5 cm³/mol. The standard InChI is InChI=1S/C15H16BrNO2/c1-10(2)15(18)17-9-13-7-8-14(19-13)11-3-5-12(16)6-4-11/h3-8,10H,9H2,1-2H3,(H,17,18). The molecule has 0 fully saturated rings. The van der Waals surface area contributed by atoms with Crippen molar-refractivity contribution < 1.29 is 9.21 Å². The Morgan fingerprint density at radius 1 is 1.21 bits per heavy atom. The Morgan fingerprint density at radius 3 is 2.53 bits per heavy atom. The van der Waals surface area contributed by atoms with Crippen LogP contribution in [0.5, 0.6) is 0 Å². The topological polar surface area (TPSA) is 42.2 Å². The first-order chi connectivity index (χ1) is 9.06. The smallest absolute Gasteiger partial charge is 0.222 e. The van der Waals surface area contributed by atoms with Crippen LogP contribution in [0.3, 0.4) is 0 Å². The van der Waals surface area contributed by atoms with Crippen molar-refractivity contribution in [2.45, 2.75) is 20.4 Å². The lowest BCUT2D eigenvalue weighted by Gasteiger charge is -2.05. The third-order valence-corrected chi connectivity index (χ3v) is 3.28. The summed E-state index contributed by atoms with van der Waals surface area (Å²) in [6, 6.07) is 11.7. The molecule has 0 saturated heterocycles. The van der Waals surface area contributed by atoms with E-state index in [0.717, 1.165) is 21.6 Å². The van der Waals surface area contributed by atoms with Gasteiger partial charge in [0.1, 0.15) is 11.5 Å². The lowest BCUT2D eigenvalue weighted by Crippen LogP contribution is -2.26. The highest BCUT2D eigenvalue weighted by atomic mass is 79.9. The molecule has 1 aromatic heterocycles. The van der Waals surface area contributed by atoms with Crippen molar-refractivity contribution in [1.82, 2.24) is 5.32 Å². The quantitative estimate of drug-likeness (QED) is 0.925. The third kappa shape index (κ3) is 3.70. The molecule has 1 amide bonds. The normalized spacial score (nSPS) is 10.7. The minimum atomic E-state index is -0.0130. The van der Waals surface area contributed by atoms with E-state index in [0.29, 0.717) is 6.54 Å². The summed E-state index contributed by atoms with van der Waals surface area (Å²) in [5.41, 5.74) is 1.02. The van der Waals surface area contributed by atoms with Gasteiger partial charge in [0.25, 0.3) is 0 Å². The van der Waals surface area contributed by atoms with Crippen molar-refractivity contribution in [2.75, 3.05) is 0 Å². The van der Waals surface area contributed by atoms with Gasteiger partial charge in [-0.3, -0.25) is 4.79 Å². The largest absolute Gasteiger partial charge is 0.459 e. The Hall–Kier alpha value is -1.55. The molecule has 0 unspecified atom stereocenters. The van der Waals surface area contributed by atoms with Crippen LogP contribution in [0.15, 0.2) is 45.3 Å². The molecule has 1 aromatic carbocycles. The monoisotopic (exact) mass is 321 g/mol. The summed E-state index contributed by atoms with van der Waals surface area (Å²) in [4.78, 5) is 11.5. The number of hydrogen-bond donors (Lipinski definition) is 1. The van der Waals surface area contributed by atoms with Gasteiger partial charge in [-0.2, -0.15) is 0 Å². The Kier molecular flexibility index (Phi) is 4.43. The molecule has 19 heavy (non-hydrogen) atoms. The van der Waals surface area contributed by atoms with Gasteiger partial charge in [-0.05, 0) is 24.3 Å². The van der Waals surface area contributed by atoms with Crippen molar-refractivity contribution in [3.05, 3.63) is 46.6 Å². The fraction of sp³-hybridized carbons (Fsp3) is 0.267. The molecule has 1 heterocycles. The van der Waals surface area contributed by atoms with Crippen LogP contribution < -0.4 is 5.32 Å². The average Bonchev–Trinajstić information content (AvgIpc) is 2.85. The van der Waals surface area contributed by atoms with Gasteiger partial charge < -0.3 is 9.73 Å². The number of carbonyl (C=O) groups excluding carboxylic acids is 1. The third-order valence-electron chi connectivity index (χ3n) is 2.75. The highest BCUT2D eigenvalue weighted by molar-refractivity contribution is 9.10. The summed E-state index contributed by atoms with van der Waals surface area (Å²) in [6.07, 6.45) is 0. The first-order valence-electron chi connectivity index (χ1n) is 6.18. The minimum Gasteiger partial charge on any atom is -0.459 e. The first kappa shape index (κ1) is 13.9. The van der Waals surface area contributed by atoms with Gasteiger partial charge in [0.2, 0.25) is 5.91 Å². The summed E-state index contributed by atoms with van der Waals surface area (Å²) in [5.74, 6) is 1.58. The van der Waals surface area contributed by atoms with E-state index in [2.05, 4.69) is 21.2 Å². The number of rotatable bonds is 4. The Bertz CT molecular complexity index is 558. The van der Waals surface area contributed by atoms with E-state index in [1.807, 2.05) is 50.2 Å². The lowest BCUT2D eigenvalue weighted by molar-refractivity contribution is -0.124. The Balaban J connectivity index is 2.03. The molecule has 0 bridgehead atoms. The number of nitrogens with one attached hydrogen (secondary N) is 1. The summed E-state index contributed by atoms with van der Waals surface area (Å²) < 4.78 is 6.74. The highest BCUT2D eigenvalue weighted by Crippen LogP contribution is 2.23. The van der Waals surface area contributed by atoms with Crippen LogP contribution in [-0.4, -0.2) is 5.91 Å². The van der Waals surface area contributed by atoms with Crippen molar-refractivity contribution >= 4 is 21.8 Å². The van der Waals surface area contributed by atoms with Gasteiger partial charge in [0, 0.05) is 16.0 Å². The van der Waals surface area contributed by atoms with Crippen LogP contribution in [0.4, 0.5) is 0 Å². The van der Waals surface area contributed by atoms with Crippen molar-refractivity contribution in [3.63, 3.8) is 0 Å². The molecule has 2 aromatic rings. The molecule has 1 N–H and O–H groups in total. The van der Waals surface area contributed by atoms with E-state index in [9.17, 15) is 4.79 Å². The maximum absolute atomic E-state index is 11.5. The summed E-state index contributed by atoms with van der Waals surface area (Å²) >= 11 is 3.40. The molecule has 0 saturated carbocycles. The molecular weight excluding hydrogens is 306 g/mol. The van der Waals surface area contributed by atoms with Crippen molar-refractivity contribution in [1.29, 1.82) is 0 Å². The number of benzene rings is 1. The lowest BCUT2D eigenvalue weighted by atomic mass is 10.2. The van der Waals surface area contributed by atoms with Gasteiger partial charge >= 0.3 is 0 Å². The second-order valence-corrected chi connectivity index (χ2v) is 5.56. The minimum absolute atomic E-state index is 0.0130. The molecular formula is C15H16BrNO2. The van der Waals surface area contributed by atoms with Gasteiger partial charge in [-0.15, -0.1) is 0 Å². The van der Waals surface area contributed by atoms with Crippen LogP contribution in [0.2, 0.25) is 0 Å². The second kappa shape index (κ2) is 6.06. The molecule has 0 aliphatic carbocycles. The number of halogens is 1. The van der Waals surface area contributed by atoms with Crippen molar-refractivity contribution in [2.24, 2.45) is 5.92 Å². The highest BCUT2D eigenvalue weighted by Gasteiger charge is 2.08. The van der Waals surface area contributed by atoms with Crippen LogP contribution in [0.1, 0.15) is 19.6 Å². The van der Waals surface area contributed by atoms with Crippen LogP contribution >= 0.6 is 15.9 Å². The number of hydrogen-bond acceptors (Lipinski definition) is 2. The molecule has 4 heteroatoms. The Morgan fingerprint density at radius 2 is 1.89 bits per heavy atom. The SMILES string of the molecule is CC(C)C(=O)NCc1ccc(-c2ccc(Br)cc2)o1. The average molecular weight is 322 g/mol. The van der Waals surface area contributed by atoms with E-state index in [1.54, 1.807) is 0 Å². The van der Waals surface area contributed by atoms with Gasteiger partial charge in [-0.25, -0.2) is 0 Å². The maximum atomic E-state index is 11.5. The molecule has 100 valence electrons. The molecule has 2 rings (SSSR count). The second-order valence-electron chi connectivity index (χ2n) is 4.65. The summed E-state index contributed by atoms with van der Waals surface area (Å²) in [7, 11) is 0. The summed E-state index contributed by atoms with van der Waals surface area (Å²) in [6.45, 7) is 4.16. The molecule has 3 nitrogen and oxygen atoms in total. The number of furan rings is 1. The van der Waals surface area contributed by atoms with Gasteiger partial charge in [-0.1, -0.05) is 41.9 Å². The van der Waals surface area contributed by atoms with E-state index in [-0.39, 0.29) is 11.8 Å². The van der Waals surface area contributed by atoms with E-state index >= 15 is 0 Å². The zero-order valence-electron chi connectivity index (χ0n) is 10.9. The fourth-order valence-electron chi connectivity index (χ4n) is 1.62. The van der Waals surface area contributed by atoms with Crippen LogP contribution in [0, 0.1) is 5.92 Å². The molecule has 0 aliphatic heterocycles. The van der Waals surface area contributed by atoms with E-state index in [4.69, 9.17) is 4.42 Å². The van der Waals surface area contributed by atoms with Gasteiger partial charge in [0.15, 0.2) is 0 Å². The van der Waals surface area contributed by atoms with Gasteiger partial charge in [0.05, 0.1) is 6.54 Å². The summed E-state index contributed by atoms with van der Waals surface area (Å²) in [5, 5.41) is 2.83. The first-order valence-corrected chi connectivity index (χ1v) is 6.98.